The predicted octanol–water partition coefficient (Wildman–Crippen LogP) is 3.35. The first-order valence-electron chi connectivity index (χ1n) is 7.77. The Morgan fingerprint density at radius 3 is 2.35 bits per heavy atom. The number of carboxylic acids is 1. The highest BCUT2D eigenvalue weighted by atomic mass is 16.4. The second kappa shape index (κ2) is 7.65. The number of carbonyl (C=O) groups is 2. The first kappa shape index (κ1) is 17.0. The number of rotatable bonds is 7. The molecule has 1 aliphatic rings. The van der Waals surface area contributed by atoms with Crippen molar-refractivity contribution in [2.24, 2.45) is 11.3 Å². The van der Waals surface area contributed by atoms with Crippen LogP contribution in [0, 0.1) is 11.3 Å². The maximum absolute atomic E-state index is 12.0. The molecule has 1 aliphatic carbocycles. The summed E-state index contributed by atoms with van der Waals surface area (Å²) in [5.41, 5.74) is 0.0127. The molecular weight excluding hydrogens is 254 g/mol. The number of nitrogens with one attached hydrogen (secondary N) is 1. The summed E-state index contributed by atoms with van der Waals surface area (Å²) in [6.07, 6.45) is 7.24. The molecule has 0 spiro atoms. The molecule has 2 N–H and O–H groups in total. The Morgan fingerprint density at radius 2 is 1.85 bits per heavy atom. The Morgan fingerprint density at radius 1 is 1.25 bits per heavy atom. The molecule has 0 heterocycles. The second-order valence-electron chi connectivity index (χ2n) is 7.32. The van der Waals surface area contributed by atoms with Gasteiger partial charge in [-0.15, -0.1) is 0 Å². The number of amides is 1. The Balaban J connectivity index is 2.37. The summed E-state index contributed by atoms with van der Waals surface area (Å²) in [7, 11) is 0. The van der Waals surface area contributed by atoms with E-state index in [0.717, 1.165) is 6.42 Å². The fourth-order valence-corrected chi connectivity index (χ4v) is 3.06. The molecule has 0 aromatic heterocycles. The number of carbonyl (C=O) groups excluding carboxylic acids is 1. The van der Waals surface area contributed by atoms with E-state index in [1.54, 1.807) is 0 Å². The number of aliphatic carboxylic acids is 1. The van der Waals surface area contributed by atoms with Gasteiger partial charge in [0, 0.05) is 12.5 Å². The lowest BCUT2D eigenvalue weighted by atomic mass is 9.87. The fourth-order valence-electron chi connectivity index (χ4n) is 3.06. The van der Waals surface area contributed by atoms with E-state index in [0.29, 0.717) is 18.8 Å². The molecule has 0 radical (unpaired) electrons. The minimum Gasteiger partial charge on any atom is -0.481 e. The maximum Gasteiger partial charge on any atom is 0.305 e. The molecule has 1 rings (SSSR count). The first-order valence-corrected chi connectivity index (χ1v) is 7.77. The lowest BCUT2D eigenvalue weighted by Crippen LogP contribution is -2.39. The summed E-state index contributed by atoms with van der Waals surface area (Å²) in [6.45, 7) is 6.19. The molecule has 1 saturated carbocycles. The largest absolute Gasteiger partial charge is 0.481 e. The third kappa shape index (κ3) is 7.51. The lowest BCUT2D eigenvalue weighted by Gasteiger charge is -2.26. The molecule has 4 heteroatoms. The van der Waals surface area contributed by atoms with Crippen molar-refractivity contribution < 1.29 is 14.7 Å². The molecule has 0 saturated heterocycles. The van der Waals surface area contributed by atoms with Crippen molar-refractivity contribution in [3.05, 3.63) is 0 Å². The van der Waals surface area contributed by atoms with E-state index in [1.807, 2.05) is 0 Å². The van der Waals surface area contributed by atoms with Gasteiger partial charge in [0.15, 0.2) is 0 Å². The normalized spacial score (nSPS) is 17.9. The van der Waals surface area contributed by atoms with Crippen LogP contribution in [-0.2, 0) is 9.59 Å². The van der Waals surface area contributed by atoms with Crippen LogP contribution in [-0.4, -0.2) is 23.0 Å². The molecular formula is C16H29NO3. The van der Waals surface area contributed by atoms with Crippen LogP contribution < -0.4 is 5.32 Å². The molecule has 1 atom stereocenters. The van der Waals surface area contributed by atoms with E-state index < -0.39 is 5.97 Å². The van der Waals surface area contributed by atoms with E-state index in [4.69, 9.17) is 5.11 Å². The predicted molar refractivity (Wildman–Crippen MR) is 79.4 cm³/mol. The van der Waals surface area contributed by atoms with Gasteiger partial charge in [-0.05, 0) is 24.2 Å². The topological polar surface area (TPSA) is 66.4 Å². The zero-order valence-electron chi connectivity index (χ0n) is 13.1. The van der Waals surface area contributed by atoms with Crippen LogP contribution >= 0.6 is 0 Å². The number of carboxylic acid groups (broad SMARTS) is 1. The standard InChI is InChI=1S/C16H29NO3/c1-16(2,3)11-13(10-15(19)20)17-14(18)9-8-12-6-4-5-7-12/h12-13H,4-11H2,1-3H3,(H,17,18)(H,19,20). The molecule has 0 aliphatic heterocycles. The summed E-state index contributed by atoms with van der Waals surface area (Å²) in [6, 6.07) is -0.261. The average Bonchev–Trinajstić information content (AvgIpc) is 2.75. The quantitative estimate of drug-likeness (QED) is 0.753. The molecule has 4 nitrogen and oxygen atoms in total. The van der Waals surface area contributed by atoms with Gasteiger partial charge in [0.05, 0.1) is 6.42 Å². The van der Waals surface area contributed by atoms with Crippen molar-refractivity contribution in [2.75, 3.05) is 0 Å². The van der Waals surface area contributed by atoms with Crippen LogP contribution in [0.5, 0.6) is 0 Å². The Kier molecular flexibility index (Phi) is 6.50. The van der Waals surface area contributed by atoms with Gasteiger partial charge in [-0.25, -0.2) is 0 Å². The van der Waals surface area contributed by atoms with E-state index in [9.17, 15) is 9.59 Å². The third-order valence-electron chi connectivity index (χ3n) is 3.90. The second-order valence-corrected chi connectivity index (χ2v) is 7.32. The van der Waals surface area contributed by atoms with Crippen molar-refractivity contribution in [3.8, 4) is 0 Å². The minimum absolute atomic E-state index is 0.00639. The van der Waals surface area contributed by atoms with Crippen LogP contribution in [0.4, 0.5) is 0 Å². The first-order chi connectivity index (χ1) is 9.26. The Hall–Kier alpha value is -1.06. The summed E-state index contributed by atoms with van der Waals surface area (Å²) >= 11 is 0. The monoisotopic (exact) mass is 283 g/mol. The minimum atomic E-state index is -0.852. The smallest absolute Gasteiger partial charge is 0.305 e. The Labute approximate surface area is 122 Å². The fraction of sp³-hybridized carbons (Fsp3) is 0.875. The van der Waals surface area contributed by atoms with Crippen LogP contribution in [0.25, 0.3) is 0 Å². The van der Waals surface area contributed by atoms with Gasteiger partial charge >= 0.3 is 5.97 Å². The van der Waals surface area contributed by atoms with Gasteiger partial charge in [0.2, 0.25) is 5.91 Å². The summed E-state index contributed by atoms with van der Waals surface area (Å²) in [5.74, 6) is -0.149. The van der Waals surface area contributed by atoms with E-state index in [1.165, 1.54) is 25.7 Å². The zero-order chi connectivity index (χ0) is 15.2. The van der Waals surface area contributed by atoms with Crippen LogP contribution in [0.3, 0.4) is 0 Å². The van der Waals surface area contributed by atoms with E-state index in [2.05, 4.69) is 26.1 Å². The van der Waals surface area contributed by atoms with Gasteiger partial charge in [-0.3, -0.25) is 9.59 Å². The Bertz CT molecular complexity index is 327. The third-order valence-corrected chi connectivity index (χ3v) is 3.90. The van der Waals surface area contributed by atoms with Crippen molar-refractivity contribution in [1.82, 2.24) is 5.32 Å². The molecule has 20 heavy (non-hydrogen) atoms. The lowest BCUT2D eigenvalue weighted by molar-refractivity contribution is -0.137. The molecule has 0 bridgehead atoms. The highest BCUT2D eigenvalue weighted by Gasteiger charge is 2.23. The number of hydrogen-bond acceptors (Lipinski definition) is 2. The van der Waals surface area contributed by atoms with Gasteiger partial charge in [-0.2, -0.15) is 0 Å². The molecule has 116 valence electrons. The van der Waals surface area contributed by atoms with Gasteiger partial charge < -0.3 is 10.4 Å². The van der Waals surface area contributed by atoms with Crippen LogP contribution in [0.2, 0.25) is 0 Å². The highest BCUT2D eigenvalue weighted by Crippen LogP contribution is 2.28. The molecule has 1 amide bonds. The average molecular weight is 283 g/mol. The van der Waals surface area contributed by atoms with Crippen molar-refractivity contribution in [2.45, 2.75) is 78.2 Å². The highest BCUT2D eigenvalue weighted by molar-refractivity contribution is 5.77. The summed E-state index contributed by atoms with van der Waals surface area (Å²) < 4.78 is 0. The molecule has 0 aromatic rings. The van der Waals surface area contributed by atoms with Crippen LogP contribution in [0.1, 0.15) is 72.1 Å². The zero-order valence-corrected chi connectivity index (χ0v) is 13.1. The van der Waals surface area contributed by atoms with Crippen molar-refractivity contribution in [1.29, 1.82) is 0 Å². The molecule has 0 aromatic carbocycles. The summed E-state index contributed by atoms with van der Waals surface area (Å²) in [5, 5.41) is 11.9. The van der Waals surface area contributed by atoms with Crippen LogP contribution in [0.15, 0.2) is 0 Å². The number of hydrogen-bond donors (Lipinski definition) is 2. The maximum atomic E-state index is 12.0. The molecule has 1 unspecified atom stereocenters. The van der Waals surface area contributed by atoms with Gasteiger partial charge in [-0.1, -0.05) is 46.5 Å². The van der Waals surface area contributed by atoms with Gasteiger partial charge in [0.25, 0.3) is 0 Å². The SMILES string of the molecule is CC(C)(C)CC(CC(=O)O)NC(=O)CCC1CCCC1. The van der Waals surface area contributed by atoms with E-state index >= 15 is 0 Å². The van der Waals surface area contributed by atoms with Crippen molar-refractivity contribution >= 4 is 11.9 Å². The molecule has 1 fully saturated rings. The van der Waals surface area contributed by atoms with Gasteiger partial charge in [0.1, 0.15) is 0 Å². The van der Waals surface area contributed by atoms with Crippen molar-refractivity contribution in [3.63, 3.8) is 0 Å². The van der Waals surface area contributed by atoms with E-state index in [-0.39, 0.29) is 23.8 Å². The summed E-state index contributed by atoms with van der Waals surface area (Å²) in [4.78, 5) is 22.9.